The third kappa shape index (κ3) is 3.15. The minimum absolute atomic E-state index is 0.335. The molecule has 7 heteroatoms. The number of esters is 1. The van der Waals surface area contributed by atoms with Gasteiger partial charge in [-0.05, 0) is 6.92 Å². The molecule has 1 atom stereocenters. The van der Waals surface area contributed by atoms with E-state index in [0.29, 0.717) is 31.9 Å². The van der Waals surface area contributed by atoms with Crippen LogP contribution in [0.1, 0.15) is 23.0 Å². The molecule has 0 aromatic carbocycles. The summed E-state index contributed by atoms with van der Waals surface area (Å²) in [6, 6.07) is 2.11. The maximum Gasteiger partial charge on any atom is 0.341 e. The van der Waals surface area contributed by atoms with E-state index in [0.717, 1.165) is 12.2 Å². The van der Waals surface area contributed by atoms with Crippen LogP contribution in [0.3, 0.4) is 0 Å². The minimum atomic E-state index is -0.414. The third-order valence-electron chi connectivity index (χ3n) is 3.22. The molecule has 1 unspecified atom stereocenters. The molecule has 1 aliphatic heterocycles. The fraction of sp³-hybridized carbons (Fsp3) is 0.615. The minimum Gasteiger partial charge on any atom is -0.462 e. The molecule has 1 saturated heterocycles. The molecule has 0 saturated carbocycles. The van der Waals surface area contributed by atoms with Gasteiger partial charge in [0.2, 0.25) is 0 Å². The Morgan fingerprint density at radius 3 is 3.20 bits per heavy atom. The van der Waals surface area contributed by atoms with Gasteiger partial charge in [0.05, 0.1) is 31.2 Å². The predicted molar refractivity (Wildman–Crippen MR) is 69.8 cm³/mol. The van der Waals surface area contributed by atoms with Crippen molar-refractivity contribution in [3.63, 3.8) is 0 Å². The number of aromatic nitrogens is 2. The Hall–Kier alpha value is -1.91. The molecule has 1 aromatic rings. The monoisotopic (exact) mass is 278 g/mol. The quantitative estimate of drug-likeness (QED) is 0.738. The maximum atomic E-state index is 11.9. The molecular weight excluding hydrogens is 260 g/mol. The van der Waals surface area contributed by atoms with E-state index >= 15 is 0 Å². The Labute approximate surface area is 117 Å². The highest BCUT2D eigenvalue weighted by molar-refractivity contribution is 5.90. The number of morpholine rings is 1. The van der Waals surface area contributed by atoms with Gasteiger partial charge in [-0.15, -0.1) is 0 Å². The van der Waals surface area contributed by atoms with Gasteiger partial charge in [0.1, 0.15) is 5.56 Å². The SMILES string of the molecule is CCOC(=O)c1cnn(C)c1CN1CCOC(C#N)C1. The van der Waals surface area contributed by atoms with E-state index < -0.39 is 6.10 Å². The highest BCUT2D eigenvalue weighted by Crippen LogP contribution is 2.14. The van der Waals surface area contributed by atoms with Crippen LogP contribution in [0.15, 0.2) is 6.20 Å². The second-order valence-corrected chi connectivity index (χ2v) is 4.57. The lowest BCUT2D eigenvalue weighted by Gasteiger charge is -2.29. The van der Waals surface area contributed by atoms with Gasteiger partial charge in [-0.3, -0.25) is 9.58 Å². The van der Waals surface area contributed by atoms with Crippen LogP contribution in [-0.4, -0.2) is 53.1 Å². The summed E-state index contributed by atoms with van der Waals surface area (Å²) >= 11 is 0. The Balaban J connectivity index is 2.11. The van der Waals surface area contributed by atoms with E-state index in [-0.39, 0.29) is 5.97 Å². The molecule has 0 N–H and O–H groups in total. The van der Waals surface area contributed by atoms with Crippen molar-refractivity contribution in [2.45, 2.75) is 19.6 Å². The van der Waals surface area contributed by atoms with E-state index in [1.807, 2.05) is 0 Å². The van der Waals surface area contributed by atoms with E-state index in [4.69, 9.17) is 14.7 Å². The molecule has 0 aliphatic carbocycles. The number of hydrogen-bond acceptors (Lipinski definition) is 6. The van der Waals surface area contributed by atoms with E-state index in [9.17, 15) is 4.79 Å². The smallest absolute Gasteiger partial charge is 0.341 e. The number of ether oxygens (including phenoxy) is 2. The molecule has 2 heterocycles. The average molecular weight is 278 g/mol. The molecule has 1 aliphatic rings. The zero-order valence-corrected chi connectivity index (χ0v) is 11.7. The number of hydrogen-bond donors (Lipinski definition) is 0. The van der Waals surface area contributed by atoms with Crippen molar-refractivity contribution in [3.8, 4) is 6.07 Å². The summed E-state index contributed by atoms with van der Waals surface area (Å²) in [7, 11) is 1.79. The van der Waals surface area contributed by atoms with Crippen LogP contribution in [0.2, 0.25) is 0 Å². The largest absolute Gasteiger partial charge is 0.462 e. The summed E-state index contributed by atoms with van der Waals surface area (Å²) in [6.45, 7) is 4.43. The topological polar surface area (TPSA) is 80.4 Å². The lowest BCUT2D eigenvalue weighted by Crippen LogP contribution is -2.41. The molecule has 1 fully saturated rings. The number of nitrogens with zero attached hydrogens (tertiary/aromatic N) is 4. The zero-order chi connectivity index (χ0) is 14.5. The first-order chi connectivity index (χ1) is 9.65. The highest BCUT2D eigenvalue weighted by Gasteiger charge is 2.24. The Bertz CT molecular complexity index is 520. The molecule has 0 radical (unpaired) electrons. The van der Waals surface area contributed by atoms with Crippen molar-refractivity contribution in [1.82, 2.24) is 14.7 Å². The first-order valence-corrected chi connectivity index (χ1v) is 6.57. The van der Waals surface area contributed by atoms with Gasteiger partial charge in [0, 0.05) is 26.7 Å². The van der Waals surface area contributed by atoms with Gasteiger partial charge in [-0.25, -0.2) is 4.79 Å². The van der Waals surface area contributed by atoms with Gasteiger partial charge in [-0.2, -0.15) is 10.4 Å². The van der Waals surface area contributed by atoms with Crippen LogP contribution in [0.5, 0.6) is 0 Å². The fourth-order valence-corrected chi connectivity index (χ4v) is 2.17. The van der Waals surface area contributed by atoms with Crippen molar-refractivity contribution < 1.29 is 14.3 Å². The fourth-order valence-electron chi connectivity index (χ4n) is 2.17. The molecule has 0 bridgehead atoms. The summed E-state index contributed by atoms with van der Waals surface area (Å²) in [5.41, 5.74) is 1.27. The molecule has 1 aromatic heterocycles. The van der Waals surface area contributed by atoms with E-state index in [1.165, 1.54) is 6.20 Å². The molecule has 108 valence electrons. The van der Waals surface area contributed by atoms with Crippen LogP contribution in [0.25, 0.3) is 0 Å². The first-order valence-electron chi connectivity index (χ1n) is 6.57. The highest BCUT2D eigenvalue weighted by atomic mass is 16.5. The van der Waals surface area contributed by atoms with Crippen LogP contribution in [-0.2, 0) is 23.1 Å². The number of nitriles is 1. The summed E-state index contributed by atoms with van der Waals surface area (Å²) in [5.74, 6) is -0.360. The molecule has 0 amide bonds. The number of aryl methyl sites for hydroxylation is 1. The van der Waals surface area contributed by atoms with Gasteiger partial charge < -0.3 is 9.47 Å². The van der Waals surface area contributed by atoms with Crippen molar-refractivity contribution in [1.29, 1.82) is 5.26 Å². The molecule has 2 rings (SSSR count). The third-order valence-corrected chi connectivity index (χ3v) is 3.22. The second kappa shape index (κ2) is 6.50. The second-order valence-electron chi connectivity index (χ2n) is 4.57. The molecule has 7 nitrogen and oxygen atoms in total. The Morgan fingerprint density at radius 2 is 2.50 bits per heavy atom. The Morgan fingerprint density at radius 1 is 1.70 bits per heavy atom. The molecule has 0 spiro atoms. The number of carbonyl (C=O) groups is 1. The van der Waals surface area contributed by atoms with Crippen molar-refractivity contribution in [3.05, 3.63) is 17.5 Å². The predicted octanol–water partition coefficient (Wildman–Crippen LogP) is 0.321. The van der Waals surface area contributed by atoms with Crippen molar-refractivity contribution in [2.24, 2.45) is 7.05 Å². The van der Waals surface area contributed by atoms with Crippen LogP contribution >= 0.6 is 0 Å². The summed E-state index contributed by atoms with van der Waals surface area (Å²) in [5, 5.41) is 13.0. The van der Waals surface area contributed by atoms with Gasteiger partial charge >= 0.3 is 5.97 Å². The molecular formula is C13H18N4O3. The maximum absolute atomic E-state index is 11.9. The summed E-state index contributed by atoms with van der Waals surface area (Å²) < 4.78 is 12.0. The number of carbonyl (C=O) groups excluding carboxylic acids is 1. The van der Waals surface area contributed by atoms with Crippen molar-refractivity contribution >= 4 is 5.97 Å². The average Bonchev–Trinajstić information content (AvgIpc) is 2.81. The van der Waals surface area contributed by atoms with Gasteiger partial charge in [0.15, 0.2) is 6.10 Å². The van der Waals surface area contributed by atoms with Gasteiger partial charge in [0.25, 0.3) is 0 Å². The lowest BCUT2D eigenvalue weighted by molar-refractivity contribution is -0.00365. The first kappa shape index (κ1) is 14.5. The lowest BCUT2D eigenvalue weighted by atomic mass is 10.2. The van der Waals surface area contributed by atoms with Crippen molar-refractivity contribution in [2.75, 3.05) is 26.3 Å². The van der Waals surface area contributed by atoms with Gasteiger partial charge in [-0.1, -0.05) is 0 Å². The summed E-state index contributed by atoms with van der Waals surface area (Å²) in [6.07, 6.45) is 1.11. The summed E-state index contributed by atoms with van der Waals surface area (Å²) in [4.78, 5) is 14.0. The number of rotatable bonds is 4. The van der Waals surface area contributed by atoms with Crippen LogP contribution < -0.4 is 0 Å². The Kier molecular flexibility index (Phi) is 4.71. The standard InChI is InChI=1S/C13H18N4O3/c1-3-19-13(18)11-7-15-16(2)12(11)9-17-4-5-20-10(6-14)8-17/h7,10H,3-5,8-9H2,1-2H3. The van der Waals surface area contributed by atoms with E-state index in [1.54, 1.807) is 18.7 Å². The van der Waals surface area contributed by atoms with E-state index in [2.05, 4.69) is 16.1 Å². The normalized spacial score (nSPS) is 19.6. The van der Waals surface area contributed by atoms with Crippen LogP contribution in [0, 0.1) is 11.3 Å². The zero-order valence-electron chi connectivity index (χ0n) is 11.7. The van der Waals surface area contributed by atoms with Crippen LogP contribution in [0.4, 0.5) is 0 Å². The molecule has 20 heavy (non-hydrogen) atoms.